The average Bonchev–Trinajstić information content (AvgIpc) is 1.82. The quantitative estimate of drug-likeness (QED) is 0.536. The van der Waals surface area contributed by atoms with Crippen LogP contribution in [-0.4, -0.2) is 12.4 Å². The fourth-order valence-corrected chi connectivity index (χ4v) is 0.752. The van der Waals surface area contributed by atoms with Crippen molar-refractivity contribution in [1.29, 1.82) is 0 Å². The van der Waals surface area contributed by atoms with Gasteiger partial charge in [0.05, 0.1) is 6.10 Å². The van der Waals surface area contributed by atoms with Crippen molar-refractivity contribution in [2.75, 3.05) is 0 Å². The second-order valence-electron chi connectivity index (χ2n) is 2.14. The number of rotatable bonds is 4. The van der Waals surface area contributed by atoms with E-state index >= 15 is 0 Å². The van der Waals surface area contributed by atoms with Gasteiger partial charge in [-0.3, -0.25) is 0 Å². The monoisotopic (exact) mass is 131 g/mol. The highest BCUT2D eigenvalue weighted by molar-refractivity contribution is 4.50. The van der Waals surface area contributed by atoms with Crippen LogP contribution in [-0.2, 0) is 9.84 Å². The first-order valence-electron chi connectivity index (χ1n) is 3.52. The molecule has 0 N–H and O–H groups in total. The molecule has 1 atom stereocenters. The van der Waals surface area contributed by atoms with Crippen LogP contribution in [0.3, 0.4) is 0 Å². The summed E-state index contributed by atoms with van der Waals surface area (Å²) in [6.45, 7) is 5.57. The summed E-state index contributed by atoms with van der Waals surface area (Å²) in [6.07, 6.45) is 1.17. The predicted octanol–water partition coefficient (Wildman–Crippen LogP) is 1.97. The standard InChI is InChI=1S/C7H15O2/c1-4-7(5-2)9-6(3)8/h6-7H,4-5H2,1-3H3. The van der Waals surface area contributed by atoms with Gasteiger partial charge in [-0.25, -0.2) is 5.11 Å². The van der Waals surface area contributed by atoms with E-state index in [1.54, 1.807) is 0 Å². The van der Waals surface area contributed by atoms with E-state index in [2.05, 4.69) is 0 Å². The molecule has 0 saturated carbocycles. The molecular formula is C7H15O2. The average molecular weight is 131 g/mol. The molecule has 0 aliphatic rings. The summed E-state index contributed by atoms with van der Waals surface area (Å²) in [6, 6.07) is 0. The Morgan fingerprint density at radius 3 is 1.89 bits per heavy atom. The van der Waals surface area contributed by atoms with Gasteiger partial charge in [-0.15, -0.1) is 0 Å². The minimum atomic E-state index is -0.866. The minimum Gasteiger partial charge on any atom is -0.347 e. The lowest BCUT2D eigenvalue weighted by Crippen LogP contribution is -2.16. The Hall–Kier alpha value is -0.0800. The topological polar surface area (TPSA) is 29.1 Å². The maximum Gasteiger partial charge on any atom is 0.188 e. The molecule has 0 aliphatic carbocycles. The lowest BCUT2D eigenvalue weighted by Gasteiger charge is -2.13. The molecular weight excluding hydrogens is 116 g/mol. The summed E-state index contributed by atoms with van der Waals surface area (Å²) < 4.78 is 4.99. The molecule has 55 valence electrons. The Morgan fingerprint density at radius 1 is 1.33 bits per heavy atom. The SMILES string of the molecule is CCC(CC)OC(C)[O]. The fourth-order valence-electron chi connectivity index (χ4n) is 0.752. The molecule has 0 amide bonds. The molecule has 0 saturated heterocycles. The molecule has 0 aromatic rings. The first-order valence-corrected chi connectivity index (χ1v) is 3.52. The van der Waals surface area contributed by atoms with Crippen LogP contribution >= 0.6 is 0 Å². The molecule has 0 fully saturated rings. The van der Waals surface area contributed by atoms with E-state index in [9.17, 15) is 5.11 Å². The van der Waals surface area contributed by atoms with Gasteiger partial charge < -0.3 is 4.74 Å². The van der Waals surface area contributed by atoms with Gasteiger partial charge in [0.2, 0.25) is 0 Å². The van der Waals surface area contributed by atoms with E-state index in [0.717, 1.165) is 12.8 Å². The van der Waals surface area contributed by atoms with Gasteiger partial charge in [-0.05, 0) is 19.8 Å². The third-order valence-electron chi connectivity index (χ3n) is 1.29. The van der Waals surface area contributed by atoms with Crippen molar-refractivity contribution in [3.8, 4) is 0 Å². The Morgan fingerprint density at radius 2 is 1.78 bits per heavy atom. The number of hydrogen-bond donors (Lipinski definition) is 0. The van der Waals surface area contributed by atoms with Crippen LogP contribution in [0.2, 0.25) is 0 Å². The van der Waals surface area contributed by atoms with Crippen molar-refractivity contribution in [2.45, 2.75) is 46.0 Å². The van der Waals surface area contributed by atoms with E-state index in [1.165, 1.54) is 6.92 Å². The van der Waals surface area contributed by atoms with Gasteiger partial charge in [-0.2, -0.15) is 0 Å². The summed E-state index contributed by atoms with van der Waals surface area (Å²) >= 11 is 0. The van der Waals surface area contributed by atoms with Crippen LogP contribution in [0, 0.1) is 0 Å². The van der Waals surface area contributed by atoms with Gasteiger partial charge in [-0.1, -0.05) is 13.8 Å². The Kier molecular flexibility index (Phi) is 4.72. The Bertz CT molecular complexity index is 57.9. The minimum absolute atomic E-state index is 0.164. The first kappa shape index (κ1) is 8.92. The fraction of sp³-hybridized carbons (Fsp3) is 1.00. The van der Waals surface area contributed by atoms with E-state index in [-0.39, 0.29) is 6.10 Å². The molecule has 0 bridgehead atoms. The van der Waals surface area contributed by atoms with Crippen molar-refractivity contribution in [3.05, 3.63) is 0 Å². The maximum absolute atomic E-state index is 10.4. The van der Waals surface area contributed by atoms with Crippen LogP contribution in [0.25, 0.3) is 0 Å². The Labute approximate surface area is 56.8 Å². The zero-order valence-corrected chi connectivity index (χ0v) is 6.39. The molecule has 2 nitrogen and oxygen atoms in total. The van der Waals surface area contributed by atoms with Crippen molar-refractivity contribution >= 4 is 0 Å². The van der Waals surface area contributed by atoms with Gasteiger partial charge in [0.25, 0.3) is 0 Å². The summed E-state index contributed by atoms with van der Waals surface area (Å²) in [4.78, 5) is 0. The molecule has 0 rings (SSSR count). The zero-order valence-electron chi connectivity index (χ0n) is 6.39. The Balaban J connectivity index is 3.31. The lowest BCUT2D eigenvalue weighted by atomic mass is 10.2. The van der Waals surface area contributed by atoms with E-state index in [1.807, 2.05) is 13.8 Å². The molecule has 1 unspecified atom stereocenters. The largest absolute Gasteiger partial charge is 0.347 e. The zero-order chi connectivity index (χ0) is 7.28. The van der Waals surface area contributed by atoms with Crippen LogP contribution in [0.15, 0.2) is 0 Å². The molecule has 0 aromatic carbocycles. The first-order chi connectivity index (χ1) is 4.20. The smallest absolute Gasteiger partial charge is 0.188 e. The summed E-state index contributed by atoms with van der Waals surface area (Å²) in [5.41, 5.74) is 0. The van der Waals surface area contributed by atoms with Gasteiger partial charge in [0.15, 0.2) is 6.29 Å². The maximum atomic E-state index is 10.4. The molecule has 9 heavy (non-hydrogen) atoms. The van der Waals surface area contributed by atoms with E-state index < -0.39 is 6.29 Å². The second-order valence-corrected chi connectivity index (χ2v) is 2.14. The number of hydrogen-bond acceptors (Lipinski definition) is 1. The van der Waals surface area contributed by atoms with Crippen LogP contribution < -0.4 is 0 Å². The third-order valence-corrected chi connectivity index (χ3v) is 1.29. The van der Waals surface area contributed by atoms with Crippen molar-refractivity contribution in [1.82, 2.24) is 0 Å². The van der Waals surface area contributed by atoms with Gasteiger partial charge in [0, 0.05) is 0 Å². The molecule has 0 aromatic heterocycles. The molecule has 0 aliphatic heterocycles. The summed E-state index contributed by atoms with van der Waals surface area (Å²) in [5, 5.41) is 10.4. The van der Waals surface area contributed by atoms with Crippen molar-refractivity contribution in [3.63, 3.8) is 0 Å². The normalized spacial score (nSPS) is 14.3. The highest BCUT2D eigenvalue weighted by Gasteiger charge is 2.06. The van der Waals surface area contributed by atoms with E-state index in [0.29, 0.717) is 0 Å². The lowest BCUT2D eigenvalue weighted by molar-refractivity contribution is -0.159. The molecule has 1 radical (unpaired) electrons. The third kappa shape index (κ3) is 4.43. The van der Waals surface area contributed by atoms with Crippen LogP contribution in [0.5, 0.6) is 0 Å². The molecule has 0 heterocycles. The predicted molar refractivity (Wildman–Crippen MR) is 35.6 cm³/mol. The summed E-state index contributed by atoms with van der Waals surface area (Å²) in [7, 11) is 0. The highest BCUT2D eigenvalue weighted by Crippen LogP contribution is 2.04. The van der Waals surface area contributed by atoms with Crippen LogP contribution in [0.4, 0.5) is 0 Å². The van der Waals surface area contributed by atoms with Crippen LogP contribution in [0.1, 0.15) is 33.6 Å². The molecule has 0 spiro atoms. The molecule has 2 heteroatoms. The van der Waals surface area contributed by atoms with E-state index in [4.69, 9.17) is 4.74 Å². The number of ether oxygens (including phenoxy) is 1. The highest BCUT2D eigenvalue weighted by atomic mass is 16.6. The van der Waals surface area contributed by atoms with Crippen molar-refractivity contribution in [2.24, 2.45) is 0 Å². The summed E-state index contributed by atoms with van der Waals surface area (Å²) in [5.74, 6) is 0. The van der Waals surface area contributed by atoms with Gasteiger partial charge in [0.1, 0.15) is 0 Å². The van der Waals surface area contributed by atoms with Crippen molar-refractivity contribution < 1.29 is 9.84 Å². The van der Waals surface area contributed by atoms with Gasteiger partial charge >= 0.3 is 0 Å². The second kappa shape index (κ2) is 4.77.